The molecule has 0 saturated heterocycles. The zero-order valence-electron chi connectivity index (χ0n) is 11.8. The molecular weight excluding hydrogens is 298 g/mol. The van der Waals surface area contributed by atoms with Crippen LogP contribution in [0.2, 0.25) is 0 Å². The third-order valence-electron chi connectivity index (χ3n) is 3.51. The Balaban J connectivity index is 2.29. The molecule has 0 heterocycles. The summed E-state index contributed by atoms with van der Waals surface area (Å²) in [7, 11) is 2.12. The van der Waals surface area contributed by atoms with Crippen LogP contribution < -0.4 is 4.90 Å². The molecule has 2 aromatic rings. The summed E-state index contributed by atoms with van der Waals surface area (Å²) in [5.41, 5.74) is 6.49. The van der Waals surface area contributed by atoms with E-state index in [1.807, 2.05) is 0 Å². The first-order valence-corrected chi connectivity index (χ1v) is 7.76. The van der Waals surface area contributed by atoms with Crippen LogP contribution in [0.1, 0.15) is 23.6 Å². The van der Waals surface area contributed by atoms with Crippen molar-refractivity contribution in [1.29, 1.82) is 0 Å². The number of halogens is 1. The molecule has 0 aliphatic carbocycles. The third-order valence-corrected chi connectivity index (χ3v) is 4.16. The van der Waals surface area contributed by atoms with Crippen LogP contribution in [0.3, 0.4) is 0 Å². The van der Waals surface area contributed by atoms with Gasteiger partial charge in [-0.3, -0.25) is 0 Å². The zero-order valence-corrected chi connectivity index (χ0v) is 13.4. The highest BCUT2D eigenvalue weighted by Gasteiger charge is 2.07. The van der Waals surface area contributed by atoms with Crippen molar-refractivity contribution >= 4 is 27.3 Å². The lowest BCUT2D eigenvalue weighted by Crippen LogP contribution is -2.11. The van der Waals surface area contributed by atoms with Crippen LogP contribution in [0.25, 0.3) is 0 Å². The highest BCUT2D eigenvalue weighted by molar-refractivity contribution is 9.08. The minimum atomic E-state index is 0.906. The monoisotopic (exact) mass is 317 g/mol. The van der Waals surface area contributed by atoms with Crippen molar-refractivity contribution in [2.45, 2.75) is 25.6 Å². The van der Waals surface area contributed by atoms with Gasteiger partial charge >= 0.3 is 0 Å². The Kier molecular flexibility index (Phi) is 4.65. The van der Waals surface area contributed by atoms with E-state index >= 15 is 0 Å². The second-order valence-corrected chi connectivity index (χ2v) is 5.39. The first-order chi connectivity index (χ1) is 9.15. The Morgan fingerprint density at radius 1 is 1.00 bits per heavy atom. The lowest BCUT2D eigenvalue weighted by atomic mass is 10.1. The fraction of sp³-hybridized carbons (Fsp3) is 0.294. The summed E-state index contributed by atoms with van der Waals surface area (Å²) in [6.45, 7) is 4.35. The molecule has 0 bridgehead atoms. The molecule has 19 heavy (non-hydrogen) atoms. The molecule has 2 aromatic carbocycles. The summed E-state index contributed by atoms with van der Waals surface area (Å²) in [6.07, 6.45) is 1.09. The Morgan fingerprint density at radius 2 is 1.63 bits per heavy atom. The molecule has 1 nitrogen and oxygen atoms in total. The molecule has 0 N–H and O–H groups in total. The number of benzene rings is 2. The van der Waals surface area contributed by atoms with Gasteiger partial charge in [0.2, 0.25) is 0 Å². The van der Waals surface area contributed by atoms with Gasteiger partial charge in [0.15, 0.2) is 0 Å². The summed E-state index contributed by atoms with van der Waals surface area (Å²) >= 11 is 3.50. The Hall–Kier alpha value is -1.28. The highest BCUT2D eigenvalue weighted by atomic mass is 79.9. The van der Waals surface area contributed by atoms with Crippen molar-refractivity contribution in [2.24, 2.45) is 0 Å². The number of aryl methyl sites for hydroxylation is 2. The van der Waals surface area contributed by atoms with Gasteiger partial charge in [-0.1, -0.05) is 47.1 Å². The topological polar surface area (TPSA) is 3.24 Å². The number of alkyl halides is 1. The predicted octanol–water partition coefficient (Wildman–Crippen LogP) is 5.22. The molecule has 0 aromatic heterocycles. The Bertz CT molecular complexity index is 546. The van der Waals surface area contributed by atoms with Crippen molar-refractivity contribution in [1.82, 2.24) is 0 Å². The second-order valence-electron chi connectivity index (χ2n) is 4.83. The van der Waals surface area contributed by atoms with Crippen molar-refractivity contribution in [3.63, 3.8) is 0 Å². The molecule has 0 aliphatic rings. The van der Waals surface area contributed by atoms with Crippen LogP contribution in [-0.4, -0.2) is 7.05 Å². The van der Waals surface area contributed by atoms with Crippen LogP contribution in [0, 0.1) is 6.92 Å². The maximum absolute atomic E-state index is 3.50. The molecule has 100 valence electrons. The first-order valence-electron chi connectivity index (χ1n) is 6.64. The van der Waals surface area contributed by atoms with E-state index in [-0.39, 0.29) is 0 Å². The van der Waals surface area contributed by atoms with Gasteiger partial charge in [-0.05, 0) is 48.2 Å². The van der Waals surface area contributed by atoms with Gasteiger partial charge in [-0.15, -0.1) is 0 Å². The van der Waals surface area contributed by atoms with Gasteiger partial charge in [0.1, 0.15) is 0 Å². The van der Waals surface area contributed by atoms with Crippen LogP contribution >= 0.6 is 15.9 Å². The molecular formula is C17H20BrN. The van der Waals surface area contributed by atoms with Gasteiger partial charge in [-0.25, -0.2) is 0 Å². The summed E-state index contributed by atoms with van der Waals surface area (Å²) in [4.78, 5) is 2.24. The molecule has 0 aliphatic heterocycles. The van der Waals surface area contributed by atoms with Gasteiger partial charge < -0.3 is 4.90 Å². The number of hydrogen-bond acceptors (Lipinski definition) is 1. The fourth-order valence-electron chi connectivity index (χ4n) is 2.27. The molecule has 2 rings (SSSR count). The van der Waals surface area contributed by atoms with Crippen molar-refractivity contribution in [3.05, 3.63) is 59.2 Å². The minimum absolute atomic E-state index is 0.906. The highest BCUT2D eigenvalue weighted by Crippen LogP contribution is 2.28. The quantitative estimate of drug-likeness (QED) is 0.699. The van der Waals surface area contributed by atoms with E-state index in [0.717, 1.165) is 11.8 Å². The number of nitrogens with zero attached hydrogens (tertiary/aromatic N) is 1. The van der Waals surface area contributed by atoms with E-state index in [2.05, 4.69) is 84.2 Å². The normalized spacial score (nSPS) is 10.5. The average molecular weight is 318 g/mol. The van der Waals surface area contributed by atoms with Crippen molar-refractivity contribution < 1.29 is 0 Å². The van der Waals surface area contributed by atoms with Crippen LogP contribution in [0.5, 0.6) is 0 Å². The van der Waals surface area contributed by atoms with E-state index in [1.165, 1.54) is 28.1 Å². The summed E-state index contributed by atoms with van der Waals surface area (Å²) in [6, 6.07) is 15.4. The van der Waals surface area contributed by atoms with Crippen molar-refractivity contribution in [3.8, 4) is 0 Å². The SMILES string of the molecule is CCc1ccc(N(C)c2ccc(CBr)cc2C)cc1. The van der Waals surface area contributed by atoms with Crippen LogP contribution in [0.15, 0.2) is 42.5 Å². The van der Waals surface area contributed by atoms with E-state index in [1.54, 1.807) is 0 Å². The van der Waals surface area contributed by atoms with Crippen LogP contribution in [-0.2, 0) is 11.8 Å². The van der Waals surface area contributed by atoms with E-state index < -0.39 is 0 Å². The molecule has 0 atom stereocenters. The second kappa shape index (κ2) is 6.25. The summed E-state index contributed by atoms with van der Waals surface area (Å²) < 4.78 is 0. The Morgan fingerprint density at radius 3 is 2.16 bits per heavy atom. The molecule has 0 saturated carbocycles. The van der Waals surface area contributed by atoms with E-state index in [9.17, 15) is 0 Å². The zero-order chi connectivity index (χ0) is 13.8. The summed E-state index contributed by atoms with van der Waals surface area (Å²) in [5, 5.41) is 0.906. The van der Waals surface area contributed by atoms with Gasteiger partial charge in [0, 0.05) is 23.8 Å². The maximum Gasteiger partial charge on any atom is 0.0438 e. The minimum Gasteiger partial charge on any atom is -0.344 e. The van der Waals surface area contributed by atoms with E-state index in [4.69, 9.17) is 0 Å². The molecule has 2 heteroatoms. The van der Waals surface area contributed by atoms with Crippen LogP contribution in [0.4, 0.5) is 11.4 Å². The lowest BCUT2D eigenvalue weighted by Gasteiger charge is -2.22. The lowest BCUT2D eigenvalue weighted by molar-refractivity contribution is 1.13. The van der Waals surface area contributed by atoms with Gasteiger partial charge in [0.05, 0.1) is 0 Å². The maximum atomic E-state index is 3.50. The third kappa shape index (κ3) is 3.19. The largest absolute Gasteiger partial charge is 0.344 e. The summed E-state index contributed by atoms with van der Waals surface area (Å²) in [5.74, 6) is 0. The average Bonchev–Trinajstić information content (AvgIpc) is 2.46. The molecule has 0 radical (unpaired) electrons. The molecule has 0 spiro atoms. The molecule has 0 fully saturated rings. The molecule has 0 unspecified atom stereocenters. The predicted molar refractivity (Wildman–Crippen MR) is 87.7 cm³/mol. The Labute approximate surface area is 124 Å². The number of hydrogen-bond donors (Lipinski definition) is 0. The number of anilines is 2. The standard InChI is InChI=1S/C17H20BrN/c1-4-14-5-8-16(9-6-14)19(3)17-10-7-15(12-18)11-13(17)2/h5-11H,4,12H2,1-3H3. The fourth-order valence-corrected chi connectivity index (χ4v) is 2.62. The van der Waals surface area contributed by atoms with Gasteiger partial charge in [-0.2, -0.15) is 0 Å². The smallest absolute Gasteiger partial charge is 0.0438 e. The van der Waals surface area contributed by atoms with E-state index in [0.29, 0.717) is 0 Å². The number of rotatable bonds is 4. The van der Waals surface area contributed by atoms with Crippen molar-refractivity contribution in [2.75, 3.05) is 11.9 Å². The molecule has 0 amide bonds. The first kappa shape index (κ1) is 14.1. The van der Waals surface area contributed by atoms with Gasteiger partial charge in [0.25, 0.3) is 0 Å².